The molecule has 9 aromatic carbocycles. The molecule has 0 atom stereocenters. The molecule has 6 nitrogen and oxygen atoms in total. The molecule has 1 N–H and O–H groups in total. The molecular formula is C54H35Br2N2O4P. The third kappa shape index (κ3) is 7.72. The van der Waals surface area contributed by atoms with Crippen LogP contribution in [-0.4, -0.2) is 9.91 Å². The van der Waals surface area contributed by atoms with E-state index in [0.717, 1.165) is 58.5 Å². The number of halogens is 2. The first-order chi connectivity index (χ1) is 30.9. The SMILES string of the molecule is Brc1cccc2oc3ccc4[nH]c5ccccc5c4c3c12.O=[N+]([O-])c1ccccc1-c1cccc2oc3cccc(Br)c3c12.c1ccc(P(c2ccccc2)c2ccccc2)cc1. The Morgan fingerprint density at radius 1 is 0.413 bits per heavy atom. The molecule has 9 heteroatoms. The normalized spacial score (nSPS) is 11.3. The van der Waals surface area contributed by atoms with Gasteiger partial charge in [0, 0.05) is 63.9 Å². The van der Waals surface area contributed by atoms with E-state index in [-0.39, 0.29) is 10.6 Å². The Hall–Kier alpha value is -6.83. The minimum Gasteiger partial charge on any atom is -0.456 e. The number of hydrogen-bond donors (Lipinski definition) is 1. The highest BCUT2D eigenvalue weighted by Crippen LogP contribution is 2.43. The van der Waals surface area contributed by atoms with E-state index in [1.807, 2.05) is 54.6 Å². The standard InChI is InChI=1S/C18H10BrNO3.C18H10BrNO.C18H15P/c19-13-7-4-10-16-18(13)17-12(6-3-9-15(17)23-16)11-5-1-2-8-14(11)20(21)22;19-11-5-3-7-14-17(11)18-15(21-14)9-8-13-16(18)10-4-1-2-6-12(10)20-13;1-4-10-16(11-5-1)19(17-12-6-2-7-13-17)18-14-8-3-9-15-18/h1-10H;1-9,20H;1-15H. The molecule has 0 aliphatic rings. The monoisotopic (exact) mass is 964 g/mol. The summed E-state index contributed by atoms with van der Waals surface area (Å²) in [5.41, 5.74) is 7.06. The molecule has 0 radical (unpaired) electrons. The highest BCUT2D eigenvalue weighted by atomic mass is 79.9. The largest absolute Gasteiger partial charge is 0.456 e. The minimum atomic E-state index is -0.446. The Bertz CT molecular complexity index is 3490. The number of H-pyrrole nitrogens is 1. The second kappa shape index (κ2) is 17.5. The number of nitrogens with one attached hydrogen (secondary N) is 1. The van der Waals surface area contributed by atoms with E-state index in [4.69, 9.17) is 8.83 Å². The Kier molecular flexibility index (Phi) is 11.2. The van der Waals surface area contributed by atoms with Crippen LogP contribution in [0.1, 0.15) is 0 Å². The van der Waals surface area contributed by atoms with Crippen molar-refractivity contribution in [3.63, 3.8) is 0 Å². The van der Waals surface area contributed by atoms with E-state index in [1.54, 1.807) is 18.2 Å². The van der Waals surface area contributed by atoms with E-state index in [9.17, 15) is 10.1 Å². The third-order valence-corrected chi connectivity index (χ3v) is 14.7. The fraction of sp³-hybridized carbons (Fsp3) is 0. The predicted octanol–water partition coefficient (Wildman–Crippen LogP) is 15.4. The lowest BCUT2D eigenvalue weighted by Crippen LogP contribution is -2.20. The number of nitro groups is 1. The smallest absolute Gasteiger partial charge is 0.277 e. The summed E-state index contributed by atoms with van der Waals surface area (Å²) in [5.74, 6) is 0. The Morgan fingerprint density at radius 3 is 1.46 bits per heavy atom. The van der Waals surface area contributed by atoms with Crippen molar-refractivity contribution in [3.05, 3.63) is 225 Å². The molecule has 63 heavy (non-hydrogen) atoms. The van der Waals surface area contributed by atoms with Crippen molar-refractivity contribution in [2.75, 3.05) is 0 Å². The maximum absolute atomic E-state index is 11.4. The zero-order valence-corrected chi connectivity index (χ0v) is 37.5. The number of fused-ring (bicyclic) bond motifs is 10. The molecule has 0 unspecified atom stereocenters. The fourth-order valence-corrected chi connectivity index (χ4v) is 11.7. The molecule has 0 amide bonds. The Balaban J connectivity index is 0.000000113. The lowest BCUT2D eigenvalue weighted by atomic mass is 9.98. The van der Waals surface area contributed by atoms with Crippen LogP contribution >= 0.6 is 39.8 Å². The average molecular weight is 967 g/mol. The van der Waals surface area contributed by atoms with Gasteiger partial charge in [-0.05, 0) is 78.4 Å². The zero-order valence-electron chi connectivity index (χ0n) is 33.4. The van der Waals surface area contributed by atoms with Gasteiger partial charge in [-0.3, -0.25) is 10.1 Å². The van der Waals surface area contributed by atoms with Gasteiger partial charge in [-0.2, -0.15) is 0 Å². The first-order valence-electron chi connectivity index (χ1n) is 20.2. The summed E-state index contributed by atoms with van der Waals surface area (Å²) in [5, 5.41) is 22.2. The third-order valence-electron chi connectivity index (χ3n) is 11.0. The van der Waals surface area contributed by atoms with Crippen molar-refractivity contribution in [2.24, 2.45) is 0 Å². The van der Waals surface area contributed by atoms with Gasteiger partial charge in [0.1, 0.15) is 22.3 Å². The summed E-state index contributed by atoms with van der Waals surface area (Å²) in [6.07, 6.45) is 0. The van der Waals surface area contributed by atoms with Gasteiger partial charge in [-0.15, -0.1) is 0 Å². The quantitative estimate of drug-likeness (QED) is 0.106. The van der Waals surface area contributed by atoms with Gasteiger partial charge in [-0.25, -0.2) is 0 Å². The lowest BCUT2D eigenvalue weighted by molar-refractivity contribution is -0.384. The first kappa shape index (κ1) is 40.3. The number of aromatic nitrogens is 1. The summed E-state index contributed by atoms with van der Waals surface area (Å²) in [6, 6.07) is 69.0. The van der Waals surface area contributed by atoms with E-state index >= 15 is 0 Å². The van der Waals surface area contributed by atoms with Crippen LogP contribution in [0.25, 0.3) is 76.8 Å². The van der Waals surface area contributed by atoms with Gasteiger partial charge >= 0.3 is 0 Å². The minimum absolute atomic E-state index is 0.0846. The molecule has 0 bridgehead atoms. The predicted molar refractivity (Wildman–Crippen MR) is 269 cm³/mol. The van der Waals surface area contributed by atoms with Crippen LogP contribution in [0.2, 0.25) is 0 Å². The maximum Gasteiger partial charge on any atom is 0.277 e. The van der Waals surface area contributed by atoms with Crippen LogP contribution in [0.3, 0.4) is 0 Å². The second-order valence-electron chi connectivity index (χ2n) is 14.8. The topological polar surface area (TPSA) is 85.2 Å². The van der Waals surface area contributed by atoms with E-state index in [1.165, 1.54) is 38.1 Å². The number of benzene rings is 9. The molecule has 12 rings (SSSR count). The summed E-state index contributed by atoms with van der Waals surface area (Å²) in [4.78, 5) is 14.5. The van der Waals surface area contributed by atoms with Crippen LogP contribution in [0, 0.1) is 10.1 Å². The first-order valence-corrected chi connectivity index (χ1v) is 23.2. The summed E-state index contributed by atoms with van der Waals surface area (Å²) >= 11 is 7.22. The molecule has 0 saturated carbocycles. The number of nitro benzene ring substituents is 1. The van der Waals surface area contributed by atoms with Crippen LogP contribution in [0.15, 0.2) is 224 Å². The summed E-state index contributed by atoms with van der Waals surface area (Å²) in [6.45, 7) is 0. The van der Waals surface area contributed by atoms with Gasteiger partial charge in [0.2, 0.25) is 0 Å². The van der Waals surface area contributed by atoms with Crippen molar-refractivity contribution in [2.45, 2.75) is 0 Å². The van der Waals surface area contributed by atoms with Gasteiger partial charge in [-0.1, -0.05) is 177 Å². The Labute approximate surface area is 380 Å². The van der Waals surface area contributed by atoms with E-state index < -0.39 is 7.92 Å². The maximum atomic E-state index is 11.4. The van der Waals surface area contributed by atoms with Crippen molar-refractivity contribution in [1.82, 2.24) is 4.98 Å². The number of nitrogens with zero attached hydrogens (tertiary/aromatic N) is 1. The number of para-hydroxylation sites is 2. The second-order valence-corrected chi connectivity index (χ2v) is 18.7. The van der Waals surface area contributed by atoms with Gasteiger partial charge < -0.3 is 13.8 Å². The molecule has 12 aromatic rings. The lowest BCUT2D eigenvalue weighted by Gasteiger charge is -2.18. The summed E-state index contributed by atoms with van der Waals surface area (Å²) in [7, 11) is -0.446. The number of hydrogen-bond acceptors (Lipinski definition) is 4. The molecule has 0 saturated heterocycles. The molecule has 3 heterocycles. The van der Waals surface area contributed by atoms with Crippen LogP contribution in [0.5, 0.6) is 0 Å². The van der Waals surface area contributed by atoms with Crippen molar-refractivity contribution in [1.29, 1.82) is 0 Å². The van der Waals surface area contributed by atoms with E-state index in [0.29, 0.717) is 11.1 Å². The molecule has 304 valence electrons. The molecular weight excluding hydrogens is 931 g/mol. The van der Waals surface area contributed by atoms with Crippen LogP contribution in [-0.2, 0) is 0 Å². The van der Waals surface area contributed by atoms with Crippen molar-refractivity contribution in [3.8, 4) is 11.1 Å². The van der Waals surface area contributed by atoms with Gasteiger partial charge in [0.25, 0.3) is 5.69 Å². The van der Waals surface area contributed by atoms with Crippen LogP contribution < -0.4 is 15.9 Å². The molecule has 0 aliphatic carbocycles. The van der Waals surface area contributed by atoms with Crippen molar-refractivity contribution >= 4 is 127 Å². The van der Waals surface area contributed by atoms with Crippen LogP contribution in [0.4, 0.5) is 5.69 Å². The molecule has 0 spiro atoms. The zero-order chi connectivity index (χ0) is 42.9. The number of furan rings is 2. The molecule has 0 aliphatic heterocycles. The average Bonchev–Trinajstić information content (AvgIpc) is 4.03. The fourth-order valence-electron chi connectivity index (χ4n) is 8.29. The Morgan fingerprint density at radius 2 is 0.873 bits per heavy atom. The highest BCUT2D eigenvalue weighted by molar-refractivity contribution is 9.11. The molecule has 3 aromatic heterocycles. The number of aromatic amines is 1. The molecule has 0 fully saturated rings. The van der Waals surface area contributed by atoms with Gasteiger partial charge in [0.15, 0.2) is 0 Å². The van der Waals surface area contributed by atoms with Gasteiger partial charge in [0.05, 0.1) is 10.5 Å². The highest BCUT2D eigenvalue weighted by Gasteiger charge is 2.21. The van der Waals surface area contributed by atoms with E-state index in [2.05, 4.69) is 164 Å². The van der Waals surface area contributed by atoms with Crippen molar-refractivity contribution < 1.29 is 13.8 Å². The summed E-state index contributed by atoms with van der Waals surface area (Å²) < 4.78 is 13.9. The number of rotatable bonds is 5.